The van der Waals surface area contributed by atoms with Gasteiger partial charge in [-0.3, -0.25) is 0 Å². The highest BCUT2D eigenvalue weighted by Crippen LogP contribution is 2.33. The first kappa shape index (κ1) is 24.3. The van der Waals surface area contributed by atoms with Gasteiger partial charge in [-0.25, -0.2) is 23.4 Å². The van der Waals surface area contributed by atoms with Crippen LogP contribution in [0.5, 0.6) is 0 Å². The molecule has 1 aromatic heterocycles. The quantitative estimate of drug-likeness (QED) is 0.314. The zero-order chi connectivity index (χ0) is 23.1. The van der Waals surface area contributed by atoms with Gasteiger partial charge in [-0.1, -0.05) is 40.2 Å². The molecule has 2 heterocycles. The maximum Gasteiger partial charge on any atom is 0.410 e. The molecule has 0 N–H and O–H groups in total. The number of hydrogen-bond acceptors (Lipinski definition) is 6. The summed E-state index contributed by atoms with van der Waals surface area (Å²) in [4.78, 5) is 29.9. The predicted octanol–water partition coefficient (Wildman–Crippen LogP) is 5.57. The molecule has 10 heteroatoms. The number of benzene rings is 1. The molecule has 1 atom stereocenters. The van der Waals surface area contributed by atoms with Crippen LogP contribution in [0, 0.1) is 0 Å². The Morgan fingerprint density at radius 3 is 3.03 bits per heavy atom. The number of rotatable bonds is 9. The zero-order valence-electron chi connectivity index (χ0n) is 17.4. The van der Waals surface area contributed by atoms with Gasteiger partial charge in [-0.2, -0.15) is 0 Å². The van der Waals surface area contributed by atoms with E-state index in [0.29, 0.717) is 35.2 Å². The molecule has 172 valence electrons. The number of nitrogens with zero attached hydrogens (tertiary/aromatic N) is 2. The summed E-state index contributed by atoms with van der Waals surface area (Å²) >= 11 is 4.46. The van der Waals surface area contributed by atoms with E-state index < -0.39 is 24.4 Å². The number of amides is 1. The Bertz CT molecular complexity index is 982. The van der Waals surface area contributed by atoms with Crippen molar-refractivity contribution in [3.63, 3.8) is 0 Å². The lowest BCUT2D eigenvalue weighted by Gasteiger charge is -2.33. The highest BCUT2D eigenvalue weighted by atomic mass is 79.9. The van der Waals surface area contributed by atoms with Gasteiger partial charge < -0.3 is 14.4 Å². The predicted molar refractivity (Wildman–Crippen MR) is 120 cm³/mol. The summed E-state index contributed by atoms with van der Waals surface area (Å²) in [6, 6.07) is 5.77. The maximum absolute atomic E-state index is 14.5. The third-order valence-corrected chi connectivity index (χ3v) is 6.51. The Hall–Kier alpha value is -2.33. The van der Waals surface area contributed by atoms with Gasteiger partial charge in [0, 0.05) is 35.8 Å². The fourth-order valence-corrected chi connectivity index (χ4v) is 4.60. The Morgan fingerprint density at radius 2 is 2.28 bits per heavy atom. The summed E-state index contributed by atoms with van der Waals surface area (Å²) in [6.45, 7) is 0.643. The molecule has 0 unspecified atom stereocenters. The third kappa shape index (κ3) is 6.35. The van der Waals surface area contributed by atoms with E-state index in [2.05, 4.69) is 25.7 Å². The van der Waals surface area contributed by atoms with Crippen molar-refractivity contribution in [1.29, 1.82) is 0 Å². The number of methoxy groups -OCH3 is 1. The SMILES string of the molecule is COC(=O)c1cnc(CCCN2C(=O)OCC[C@@H]2/C=C/CC(F)(F)c2cccc(Br)c2)s1. The van der Waals surface area contributed by atoms with Crippen LogP contribution >= 0.6 is 27.3 Å². The van der Waals surface area contributed by atoms with E-state index in [-0.39, 0.29) is 18.2 Å². The van der Waals surface area contributed by atoms with Crippen molar-refractivity contribution in [2.24, 2.45) is 0 Å². The minimum Gasteiger partial charge on any atom is -0.465 e. The number of halogens is 3. The maximum atomic E-state index is 14.5. The monoisotopic (exact) mass is 528 g/mol. The number of carbonyl (C=O) groups excluding carboxylic acids is 2. The second-order valence-electron chi connectivity index (χ2n) is 7.22. The van der Waals surface area contributed by atoms with E-state index in [1.807, 2.05) is 0 Å². The van der Waals surface area contributed by atoms with Crippen LogP contribution in [0.2, 0.25) is 0 Å². The standard InChI is InChI=1S/C22H23BrF2N2O4S/c1-30-20(28)18-14-26-19(32-18)8-4-11-27-17(9-12-31-21(27)29)7-3-10-22(24,25)15-5-2-6-16(23)13-15/h2-3,5-7,13-14,17H,4,8-12H2,1H3/b7-3+/t17-/m0/s1. The normalized spacial score (nSPS) is 16.9. The molecular formula is C22H23BrF2N2O4S. The minimum absolute atomic E-state index is 0.0637. The Balaban J connectivity index is 1.57. The summed E-state index contributed by atoms with van der Waals surface area (Å²) in [5.74, 6) is -3.44. The van der Waals surface area contributed by atoms with Gasteiger partial charge in [0.05, 0.1) is 31.0 Å². The van der Waals surface area contributed by atoms with Crippen molar-refractivity contribution >= 4 is 39.3 Å². The second-order valence-corrected chi connectivity index (χ2v) is 9.26. The van der Waals surface area contributed by atoms with E-state index in [9.17, 15) is 18.4 Å². The number of alkyl halides is 2. The van der Waals surface area contributed by atoms with Gasteiger partial charge in [-0.15, -0.1) is 11.3 Å². The number of esters is 1. The molecule has 0 spiro atoms. The number of allylic oxidation sites excluding steroid dienone is 1. The molecule has 1 aromatic carbocycles. The molecule has 32 heavy (non-hydrogen) atoms. The number of ether oxygens (including phenoxy) is 2. The van der Waals surface area contributed by atoms with Gasteiger partial charge in [0.25, 0.3) is 5.92 Å². The molecule has 3 rings (SSSR count). The Morgan fingerprint density at radius 1 is 1.47 bits per heavy atom. The molecular weight excluding hydrogens is 506 g/mol. The highest BCUT2D eigenvalue weighted by molar-refractivity contribution is 9.10. The zero-order valence-corrected chi connectivity index (χ0v) is 19.8. The van der Waals surface area contributed by atoms with Gasteiger partial charge in [-0.05, 0) is 18.6 Å². The number of aromatic nitrogens is 1. The molecule has 0 saturated carbocycles. The first-order valence-corrected chi connectivity index (χ1v) is 11.7. The number of cyclic esters (lactones) is 1. The topological polar surface area (TPSA) is 68.7 Å². The summed E-state index contributed by atoms with van der Waals surface area (Å²) in [5, 5.41) is 0.761. The largest absolute Gasteiger partial charge is 0.465 e. The molecule has 0 aliphatic carbocycles. The van der Waals surface area contributed by atoms with Gasteiger partial charge in [0.1, 0.15) is 4.88 Å². The van der Waals surface area contributed by atoms with Crippen molar-refractivity contribution in [2.45, 2.75) is 37.6 Å². The smallest absolute Gasteiger partial charge is 0.410 e. The molecule has 1 aliphatic heterocycles. The van der Waals surface area contributed by atoms with Crippen molar-refractivity contribution in [1.82, 2.24) is 9.88 Å². The lowest BCUT2D eigenvalue weighted by Crippen LogP contribution is -2.45. The van der Waals surface area contributed by atoms with Crippen molar-refractivity contribution in [3.05, 3.63) is 62.5 Å². The average Bonchev–Trinajstić information content (AvgIpc) is 3.24. The van der Waals surface area contributed by atoms with Crippen LogP contribution in [0.1, 0.15) is 39.5 Å². The summed E-state index contributed by atoms with van der Waals surface area (Å²) in [6.07, 6.45) is 5.35. The molecule has 0 radical (unpaired) electrons. The van der Waals surface area contributed by atoms with Gasteiger partial charge in [0.2, 0.25) is 0 Å². The van der Waals surface area contributed by atoms with Crippen LogP contribution in [0.4, 0.5) is 13.6 Å². The Kier molecular flexibility index (Phi) is 8.36. The van der Waals surface area contributed by atoms with Crippen molar-refractivity contribution < 1.29 is 27.8 Å². The number of hydrogen-bond donors (Lipinski definition) is 0. The van der Waals surface area contributed by atoms with Crippen LogP contribution < -0.4 is 0 Å². The van der Waals surface area contributed by atoms with E-state index in [1.165, 1.54) is 42.9 Å². The molecule has 1 saturated heterocycles. The van der Waals surface area contributed by atoms with Crippen LogP contribution in [0.25, 0.3) is 0 Å². The average molecular weight is 529 g/mol. The molecule has 1 fully saturated rings. The van der Waals surface area contributed by atoms with Crippen LogP contribution in [0.3, 0.4) is 0 Å². The van der Waals surface area contributed by atoms with Gasteiger partial charge in [0.15, 0.2) is 0 Å². The first-order chi connectivity index (χ1) is 15.3. The first-order valence-electron chi connectivity index (χ1n) is 10.1. The fraction of sp³-hybridized carbons (Fsp3) is 0.409. The van der Waals surface area contributed by atoms with Crippen LogP contribution in [0.15, 0.2) is 47.1 Å². The van der Waals surface area contributed by atoms with Gasteiger partial charge >= 0.3 is 12.1 Å². The van der Waals surface area contributed by atoms with Crippen LogP contribution in [-0.4, -0.2) is 48.2 Å². The second kappa shape index (κ2) is 11.0. The lowest BCUT2D eigenvalue weighted by molar-refractivity contribution is -0.00126. The highest BCUT2D eigenvalue weighted by Gasteiger charge is 2.31. The molecule has 1 amide bonds. The fourth-order valence-electron chi connectivity index (χ4n) is 3.33. The van der Waals surface area contributed by atoms with Crippen molar-refractivity contribution in [2.75, 3.05) is 20.3 Å². The molecule has 0 bridgehead atoms. The molecule has 2 aromatic rings. The summed E-state index contributed by atoms with van der Waals surface area (Å²) in [7, 11) is 1.31. The van der Waals surface area contributed by atoms with Crippen molar-refractivity contribution in [3.8, 4) is 0 Å². The molecule has 6 nitrogen and oxygen atoms in total. The minimum atomic E-state index is -3.01. The van der Waals surface area contributed by atoms with E-state index in [1.54, 1.807) is 23.1 Å². The molecule has 1 aliphatic rings. The number of carbonyl (C=O) groups is 2. The van der Waals surface area contributed by atoms with E-state index in [4.69, 9.17) is 4.74 Å². The Labute approximate surface area is 197 Å². The summed E-state index contributed by atoms with van der Waals surface area (Å²) in [5.41, 5.74) is -0.0637. The summed E-state index contributed by atoms with van der Waals surface area (Å²) < 4.78 is 39.4. The van der Waals surface area contributed by atoms with E-state index in [0.717, 1.165) is 5.01 Å². The lowest BCUT2D eigenvalue weighted by atomic mass is 10.0. The number of thiazole rings is 1. The third-order valence-electron chi connectivity index (χ3n) is 4.98. The van der Waals surface area contributed by atoms with Crippen LogP contribution in [-0.2, 0) is 21.8 Å². The number of aryl methyl sites for hydroxylation is 1. The van der Waals surface area contributed by atoms with E-state index >= 15 is 0 Å².